The third kappa shape index (κ3) is 2.88. The maximum absolute atomic E-state index is 4.72. The third-order valence-corrected chi connectivity index (χ3v) is 6.61. The summed E-state index contributed by atoms with van der Waals surface area (Å²) in [5.74, 6) is 1.55. The van der Waals surface area contributed by atoms with Crippen LogP contribution in [0.5, 0.6) is 0 Å². The van der Waals surface area contributed by atoms with E-state index in [-0.39, 0.29) is 0 Å². The molecular formula is C16H19N5S2. The highest BCUT2D eigenvalue weighted by Crippen LogP contribution is 2.35. The molecule has 5 nitrogen and oxygen atoms in total. The first-order valence-corrected chi connectivity index (χ1v) is 9.49. The van der Waals surface area contributed by atoms with Crippen molar-refractivity contribution in [3.63, 3.8) is 0 Å². The number of aromatic nitrogens is 4. The zero-order valence-corrected chi connectivity index (χ0v) is 14.9. The maximum atomic E-state index is 4.72. The molecule has 1 N–H and O–H groups in total. The number of benzene rings is 1. The van der Waals surface area contributed by atoms with Gasteiger partial charge in [-0.25, -0.2) is 4.98 Å². The minimum atomic E-state index is 0.466. The van der Waals surface area contributed by atoms with Crippen molar-refractivity contribution in [1.29, 1.82) is 0 Å². The highest BCUT2D eigenvalue weighted by Gasteiger charge is 2.22. The van der Waals surface area contributed by atoms with Crippen LogP contribution in [-0.2, 0) is 7.05 Å². The Morgan fingerprint density at radius 2 is 2.26 bits per heavy atom. The van der Waals surface area contributed by atoms with E-state index in [9.17, 15) is 0 Å². The van der Waals surface area contributed by atoms with Crippen molar-refractivity contribution in [2.75, 3.05) is 13.1 Å². The molecule has 3 heterocycles. The molecule has 7 heteroatoms. The summed E-state index contributed by atoms with van der Waals surface area (Å²) in [6, 6.07) is 6.26. The fourth-order valence-corrected chi connectivity index (χ4v) is 5.05. The number of thiazole rings is 1. The van der Waals surface area contributed by atoms with Crippen LogP contribution in [0.25, 0.3) is 10.2 Å². The van der Waals surface area contributed by atoms with E-state index in [2.05, 4.69) is 52.3 Å². The minimum absolute atomic E-state index is 0.466. The van der Waals surface area contributed by atoms with Gasteiger partial charge < -0.3 is 9.88 Å². The molecule has 0 radical (unpaired) electrons. The van der Waals surface area contributed by atoms with Crippen LogP contribution in [0.15, 0.2) is 27.7 Å². The van der Waals surface area contributed by atoms with Crippen LogP contribution in [0.2, 0.25) is 0 Å². The lowest BCUT2D eigenvalue weighted by Gasteiger charge is -2.21. The fourth-order valence-electron chi connectivity index (χ4n) is 3.03. The van der Waals surface area contributed by atoms with Crippen molar-refractivity contribution in [2.24, 2.45) is 7.05 Å². The first kappa shape index (κ1) is 15.1. The quantitative estimate of drug-likeness (QED) is 0.789. The largest absolute Gasteiger partial charge is 0.316 e. The van der Waals surface area contributed by atoms with Crippen molar-refractivity contribution in [1.82, 2.24) is 25.1 Å². The van der Waals surface area contributed by atoms with Gasteiger partial charge in [0.15, 0.2) is 9.50 Å². The average molecular weight is 345 g/mol. The van der Waals surface area contributed by atoms with Gasteiger partial charge in [0.25, 0.3) is 0 Å². The zero-order chi connectivity index (χ0) is 15.8. The zero-order valence-electron chi connectivity index (χ0n) is 13.2. The molecule has 0 unspecified atom stereocenters. The Balaban J connectivity index is 1.60. The Hall–Kier alpha value is -1.44. The molecular weight excluding hydrogens is 326 g/mol. The monoisotopic (exact) mass is 345 g/mol. The first-order valence-electron chi connectivity index (χ1n) is 7.86. The number of aryl methyl sites for hydroxylation is 1. The highest BCUT2D eigenvalue weighted by atomic mass is 32.2. The van der Waals surface area contributed by atoms with Crippen molar-refractivity contribution < 1.29 is 0 Å². The molecule has 1 saturated heterocycles. The standard InChI is InChI=1S/C16H19N5S2/c1-10-5-3-7-12-13(10)22-16(18-12)23-15-20-19-14(21(15)2)11-6-4-8-17-9-11/h3,5,7,11,17H,4,6,8-9H2,1-2H3/t11-/m0/s1. The Morgan fingerprint density at radius 3 is 3.04 bits per heavy atom. The molecule has 1 atom stereocenters. The SMILES string of the molecule is Cc1cccc2nc(Sc3nnc([C@H]4CCCNC4)n3C)sc12. The van der Waals surface area contributed by atoms with Crippen LogP contribution in [-0.4, -0.2) is 32.8 Å². The summed E-state index contributed by atoms with van der Waals surface area (Å²) in [7, 11) is 2.06. The molecule has 0 saturated carbocycles. The van der Waals surface area contributed by atoms with Crippen molar-refractivity contribution in [2.45, 2.75) is 35.2 Å². The number of hydrogen-bond donors (Lipinski definition) is 1. The average Bonchev–Trinajstić information content (AvgIpc) is 3.14. The lowest BCUT2D eigenvalue weighted by molar-refractivity contribution is 0.436. The second kappa shape index (κ2) is 6.22. The Kier molecular flexibility index (Phi) is 4.09. The summed E-state index contributed by atoms with van der Waals surface area (Å²) < 4.78 is 4.41. The third-order valence-electron chi connectivity index (χ3n) is 4.30. The molecule has 0 spiro atoms. The number of piperidine rings is 1. The summed E-state index contributed by atoms with van der Waals surface area (Å²) in [4.78, 5) is 4.72. The van der Waals surface area contributed by atoms with Crippen LogP contribution in [0.1, 0.15) is 30.1 Å². The summed E-state index contributed by atoms with van der Waals surface area (Å²) in [5, 5.41) is 13.2. The van der Waals surface area contributed by atoms with Gasteiger partial charge in [-0.2, -0.15) is 0 Å². The molecule has 0 bridgehead atoms. The molecule has 23 heavy (non-hydrogen) atoms. The number of hydrogen-bond acceptors (Lipinski definition) is 6. The van der Waals surface area contributed by atoms with Crippen LogP contribution in [0.4, 0.5) is 0 Å². The van der Waals surface area contributed by atoms with Gasteiger partial charge in [0.1, 0.15) is 5.82 Å². The number of fused-ring (bicyclic) bond motifs is 1. The first-order chi connectivity index (χ1) is 11.2. The normalized spacial score (nSPS) is 18.6. The van der Waals surface area contributed by atoms with Gasteiger partial charge in [0, 0.05) is 19.5 Å². The van der Waals surface area contributed by atoms with Crippen LogP contribution in [0, 0.1) is 6.92 Å². The van der Waals surface area contributed by atoms with Gasteiger partial charge in [-0.1, -0.05) is 12.1 Å². The van der Waals surface area contributed by atoms with Gasteiger partial charge in [0.05, 0.1) is 10.2 Å². The molecule has 0 aliphatic carbocycles. The van der Waals surface area contributed by atoms with E-state index in [0.717, 1.165) is 33.9 Å². The van der Waals surface area contributed by atoms with Crippen molar-refractivity contribution in [3.8, 4) is 0 Å². The highest BCUT2D eigenvalue weighted by molar-refractivity contribution is 8.01. The number of rotatable bonds is 3. The predicted molar refractivity (Wildman–Crippen MR) is 94.3 cm³/mol. The second-order valence-electron chi connectivity index (χ2n) is 5.95. The van der Waals surface area contributed by atoms with Crippen LogP contribution in [0.3, 0.4) is 0 Å². The molecule has 1 aliphatic heterocycles. The van der Waals surface area contributed by atoms with Gasteiger partial charge in [-0.15, -0.1) is 21.5 Å². The molecule has 1 fully saturated rings. The van der Waals surface area contributed by atoms with Crippen molar-refractivity contribution in [3.05, 3.63) is 29.6 Å². The second-order valence-corrected chi connectivity index (χ2v) is 8.16. The van der Waals surface area contributed by atoms with Crippen LogP contribution >= 0.6 is 23.1 Å². The molecule has 120 valence electrons. The van der Waals surface area contributed by atoms with E-state index in [1.54, 1.807) is 23.1 Å². The molecule has 4 rings (SSSR count). The summed E-state index contributed by atoms with van der Waals surface area (Å²) in [6.07, 6.45) is 2.39. The molecule has 0 amide bonds. The topological polar surface area (TPSA) is 55.6 Å². The van der Waals surface area contributed by atoms with E-state index in [1.165, 1.54) is 23.1 Å². The Labute approximate surface area is 143 Å². The number of nitrogens with zero attached hydrogens (tertiary/aromatic N) is 4. The lowest BCUT2D eigenvalue weighted by atomic mass is 9.99. The minimum Gasteiger partial charge on any atom is -0.316 e. The maximum Gasteiger partial charge on any atom is 0.198 e. The van der Waals surface area contributed by atoms with Crippen molar-refractivity contribution >= 4 is 33.3 Å². The molecule has 1 aromatic carbocycles. The van der Waals surface area contributed by atoms with E-state index in [0.29, 0.717) is 5.92 Å². The van der Waals surface area contributed by atoms with E-state index in [1.807, 2.05) is 0 Å². The molecule has 1 aliphatic rings. The Morgan fingerprint density at radius 1 is 1.35 bits per heavy atom. The summed E-state index contributed by atoms with van der Waals surface area (Å²) >= 11 is 3.34. The fraction of sp³-hybridized carbons (Fsp3) is 0.438. The number of nitrogens with one attached hydrogen (secondary N) is 1. The van der Waals surface area contributed by atoms with Gasteiger partial charge >= 0.3 is 0 Å². The van der Waals surface area contributed by atoms with Gasteiger partial charge in [-0.05, 0) is 49.7 Å². The molecule has 2 aromatic heterocycles. The van der Waals surface area contributed by atoms with E-state index < -0.39 is 0 Å². The van der Waals surface area contributed by atoms with E-state index in [4.69, 9.17) is 4.98 Å². The van der Waals surface area contributed by atoms with Gasteiger partial charge in [0.2, 0.25) is 0 Å². The molecule has 3 aromatic rings. The smallest absolute Gasteiger partial charge is 0.198 e. The Bertz CT molecular complexity index is 832. The summed E-state index contributed by atoms with van der Waals surface area (Å²) in [6.45, 7) is 4.24. The van der Waals surface area contributed by atoms with Gasteiger partial charge in [-0.3, -0.25) is 0 Å². The predicted octanol–water partition coefficient (Wildman–Crippen LogP) is 3.35. The lowest BCUT2D eigenvalue weighted by Crippen LogP contribution is -2.29. The van der Waals surface area contributed by atoms with Crippen LogP contribution < -0.4 is 5.32 Å². The van der Waals surface area contributed by atoms with E-state index >= 15 is 0 Å². The summed E-state index contributed by atoms with van der Waals surface area (Å²) in [5.41, 5.74) is 2.34.